The molecule has 590 valence electrons. The molecule has 0 saturated carbocycles. The monoisotopic (exact) mass is 1440 g/mol. The SMILES string of the molecule is CCCCCC[C@@H](C)CCCCCCCCCO[C@@H](COCCCCCCCCCCCCCCCCCCCCCCCCCCCCCCCCOC[C@@H](COP(=O)(O)OCC[N+](C)(C)C)OCCCCCCCCC[C@H](C)CCCCCC)COP(=O)(O)OCC[N+](C)(C)C. The van der Waals surface area contributed by atoms with E-state index < -0.39 is 27.9 Å². The molecule has 98 heavy (non-hydrogen) atoms. The van der Waals surface area contributed by atoms with Gasteiger partial charge in [0.05, 0.1) is 68.7 Å². The lowest BCUT2D eigenvalue weighted by Gasteiger charge is -2.24. The van der Waals surface area contributed by atoms with Crippen LogP contribution in [0.4, 0.5) is 0 Å². The van der Waals surface area contributed by atoms with Gasteiger partial charge in [-0.15, -0.1) is 0 Å². The van der Waals surface area contributed by atoms with Gasteiger partial charge in [-0.2, -0.15) is 0 Å². The van der Waals surface area contributed by atoms with Crippen molar-refractivity contribution < 1.29 is 64.9 Å². The molecule has 6 atom stereocenters. The number of quaternary nitrogens is 2. The van der Waals surface area contributed by atoms with E-state index in [0.29, 0.717) is 61.7 Å². The third-order valence-electron chi connectivity index (χ3n) is 19.8. The number of likely N-dealkylation sites (N-methyl/N-ethyl adjacent to an activating group) is 2. The van der Waals surface area contributed by atoms with E-state index in [0.717, 1.165) is 50.4 Å². The summed E-state index contributed by atoms with van der Waals surface area (Å²) in [5, 5.41) is 0. The highest BCUT2D eigenvalue weighted by atomic mass is 31.2. The highest BCUT2D eigenvalue weighted by molar-refractivity contribution is 7.47. The second-order valence-electron chi connectivity index (χ2n) is 32.4. The molecular weight excluding hydrogens is 1270 g/mol. The van der Waals surface area contributed by atoms with Crippen LogP contribution >= 0.6 is 15.6 Å². The zero-order valence-electron chi connectivity index (χ0n) is 67.2. The minimum atomic E-state index is -4.16. The number of rotatable bonds is 83. The van der Waals surface area contributed by atoms with E-state index in [1.54, 1.807) is 0 Å². The van der Waals surface area contributed by atoms with E-state index in [9.17, 15) is 18.9 Å². The molecule has 0 aromatic rings. The molecule has 2 unspecified atom stereocenters. The summed E-state index contributed by atoms with van der Waals surface area (Å²) in [5.41, 5.74) is 0. The molecule has 0 aliphatic carbocycles. The Morgan fingerprint density at radius 2 is 0.469 bits per heavy atom. The molecule has 0 aromatic carbocycles. The molecule has 0 heterocycles. The third-order valence-corrected chi connectivity index (χ3v) is 21.8. The molecule has 0 spiro atoms. The first-order valence-electron chi connectivity index (χ1n) is 42.5. The number of phosphoric acid groups is 2. The lowest BCUT2D eigenvalue weighted by atomic mass is 9.96. The van der Waals surface area contributed by atoms with Crippen molar-refractivity contribution >= 4 is 15.6 Å². The molecule has 0 rings (SSSR count). The molecule has 16 heteroatoms. The molecule has 0 aliphatic rings. The Kier molecular flexibility index (Phi) is 71.2. The molecule has 0 bridgehead atoms. The Balaban J connectivity index is 3.89. The van der Waals surface area contributed by atoms with Crippen LogP contribution in [0.5, 0.6) is 0 Å². The van der Waals surface area contributed by atoms with E-state index in [-0.39, 0.29) is 26.4 Å². The van der Waals surface area contributed by atoms with Crippen LogP contribution in [0.3, 0.4) is 0 Å². The van der Waals surface area contributed by atoms with Gasteiger partial charge in [-0.3, -0.25) is 18.1 Å². The van der Waals surface area contributed by atoms with Gasteiger partial charge < -0.3 is 37.7 Å². The number of hydrogen-bond acceptors (Lipinski definition) is 10. The largest absolute Gasteiger partial charge is 0.472 e. The summed E-state index contributed by atoms with van der Waals surface area (Å²) in [6, 6.07) is 0. The van der Waals surface area contributed by atoms with Gasteiger partial charge in [0.25, 0.3) is 0 Å². The fourth-order valence-corrected chi connectivity index (χ4v) is 14.4. The first kappa shape index (κ1) is 98.0. The summed E-state index contributed by atoms with van der Waals surface area (Å²) in [5.74, 6) is 1.74. The molecule has 0 aromatic heterocycles. The molecule has 14 nitrogen and oxygen atoms in total. The Labute approximate surface area is 610 Å². The standard InChI is InChI=1S/C82H170N2O12P2/c1-11-13-15-55-63-79(3)65-57-49-43-41-47-53-61-71-91-81(77-95-97(85,86)93-73-67-83(5,6)7)75-89-69-59-51-45-39-37-35-33-31-29-27-25-23-21-19-17-18-20-22-24-26-28-30-32-34-36-38-40-46-52-60-70-90-76-82(78-96-98(87,88)94-74-68-84(8,9)10)92-72-62-54-48-42-44-50-58-66-80(4)64-56-16-14-12-2/h79-82H,11-78H2,1-10H3/p+2/t79-,80-,81+,82+/m1/s1. The molecule has 0 amide bonds. The average molecular weight is 1440 g/mol. The van der Waals surface area contributed by atoms with Crippen molar-refractivity contribution in [3.63, 3.8) is 0 Å². The predicted octanol–water partition coefficient (Wildman–Crippen LogP) is 24.6. The van der Waals surface area contributed by atoms with Gasteiger partial charge in [0.2, 0.25) is 0 Å². The summed E-state index contributed by atoms with van der Waals surface area (Å²) >= 11 is 0. The number of hydrogen-bond donors (Lipinski definition) is 2. The molecular formula is C82H172N2O12P2+2. The molecule has 0 fully saturated rings. The van der Waals surface area contributed by atoms with Crippen LogP contribution in [0.15, 0.2) is 0 Å². The highest BCUT2D eigenvalue weighted by Gasteiger charge is 2.27. The van der Waals surface area contributed by atoms with Gasteiger partial charge in [0.15, 0.2) is 0 Å². The van der Waals surface area contributed by atoms with E-state index in [1.807, 2.05) is 42.3 Å². The number of ether oxygens (including phenoxy) is 4. The van der Waals surface area contributed by atoms with Crippen LogP contribution in [0, 0.1) is 11.8 Å². The fourth-order valence-electron chi connectivity index (χ4n) is 13.0. The Morgan fingerprint density at radius 1 is 0.265 bits per heavy atom. The van der Waals surface area contributed by atoms with Gasteiger partial charge >= 0.3 is 15.6 Å². The summed E-state index contributed by atoms with van der Waals surface area (Å²) in [6.45, 7) is 14.2. The average Bonchev–Trinajstić information content (AvgIpc) is 1.32. The van der Waals surface area contributed by atoms with E-state index in [1.165, 1.54) is 321 Å². The molecule has 0 aliphatic heterocycles. The third kappa shape index (κ3) is 78.6. The maximum Gasteiger partial charge on any atom is 0.472 e. The van der Waals surface area contributed by atoms with Crippen molar-refractivity contribution in [2.75, 3.05) is 121 Å². The topological polar surface area (TPSA) is 148 Å². The number of unbranched alkanes of at least 4 members (excludes halogenated alkanes) is 47. The minimum Gasteiger partial charge on any atom is -0.379 e. The van der Waals surface area contributed by atoms with Crippen LogP contribution < -0.4 is 0 Å². The number of nitrogens with zero attached hydrogens (tertiary/aromatic N) is 2. The van der Waals surface area contributed by atoms with Crippen LogP contribution in [0.25, 0.3) is 0 Å². The maximum absolute atomic E-state index is 12.6. The fraction of sp³-hybridized carbons (Fsp3) is 1.00. The lowest BCUT2D eigenvalue weighted by Crippen LogP contribution is -2.37. The second-order valence-corrected chi connectivity index (χ2v) is 35.3. The first-order chi connectivity index (χ1) is 47.3. The number of phosphoric ester groups is 2. The van der Waals surface area contributed by atoms with Crippen molar-refractivity contribution in [1.82, 2.24) is 0 Å². The van der Waals surface area contributed by atoms with E-state index >= 15 is 0 Å². The van der Waals surface area contributed by atoms with Gasteiger partial charge in [0, 0.05) is 26.4 Å². The zero-order chi connectivity index (χ0) is 72.0. The van der Waals surface area contributed by atoms with E-state index in [4.69, 9.17) is 37.0 Å². The smallest absolute Gasteiger partial charge is 0.379 e. The van der Waals surface area contributed by atoms with Crippen LogP contribution in [-0.4, -0.2) is 152 Å². The molecule has 2 N–H and O–H groups in total. The zero-order valence-corrected chi connectivity index (χ0v) is 68.9. The summed E-state index contributed by atoms with van der Waals surface area (Å²) in [6.07, 6.45) is 73.2. The maximum atomic E-state index is 12.6. The minimum absolute atomic E-state index is 0.0156. The Hall–Kier alpha value is -0.0200. The normalized spacial score (nSPS) is 14.9. The van der Waals surface area contributed by atoms with Gasteiger partial charge in [-0.05, 0) is 37.5 Å². The van der Waals surface area contributed by atoms with Crippen molar-refractivity contribution in [3.8, 4) is 0 Å². The van der Waals surface area contributed by atoms with E-state index in [2.05, 4.69) is 27.7 Å². The van der Waals surface area contributed by atoms with Crippen molar-refractivity contribution in [2.45, 2.75) is 399 Å². The predicted molar refractivity (Wildman–Crippen MR) is 419 cm³/mol. The first-order valence-corrected chi connectivity index (χ1v) is 45.5. The quantitative estimate of drug-likeness (QED) is 0.0339. The summed E-state index contributed by atoms with van der Waals surface area (Å²) < 4.78 is 72.3. The van der Waals surface area contributed by atoms with Crippen molar-refractivity contribution in [1.29, 1.82) is 0 Å². The lowest BCUT2D eigenvalue weighted by molar-refractivity contribution is -0.870. The van der Waals surface area contributed by atoms with Crippen LogP contribution in [-0.2, 0) is 46.2 Å². The highest BCUT2D eigenvalue weighted by Crippen LogP contribution is 2.44. The van der Waals surface area contributed by atoms with Gasteiger partial charge in [0.1, 0.15) is 38.5 Å². The van der Waals surface area contributed by atoms with Gasteiger partial charge in [-0.1, -0.05) is 362 Å². The Bertz CT molecular complexity index is 1590. The van der Waals surface area contributed by atoms with Crippen molar-refractivity contribution in [3.05, 3.63) is 0 Å². The molecule has 0 radical (unpaired) electrons. The van der Waals surface area contributed by atoms with Crippen molar-refractivity contribution in [2.24, 2.45) is 11.8 Å². The van der Waals surface area contributed by atoms with Crippen LogP contribution in [0.2, 0.25) is 0 Å². The summed E-state index contributed by atoms with van der Waals surface area (Å²) in [4.78, 5) is 20.7. The van der Waals surface area contributed by atoms with Crippen LogP contribution in [0.1, 0.15) is 387 Å². The summed E-state index contributed by atoms with van der Waals surface area (Å²) in [7, 11) is 3.81. The van der Waals surface area contributed by atoms with Gasteiger partial charge in [-0.25, -0.2) is 9.13 Å². The molecule has 0 saturated heterocycles. The Morgan fingerprint density at radius 3 is 0.694 bits per heavy atom. The second kappa shape index (κ2) is 71.2.